The number of hydrazine groups is 1. The van der Waals surface area contributed by atoms with Crippen LogP contribution in [0.3, 0.4) is 0 Å². The van der Waals surface area contributed by atoms with Crippen LogP contribution < -0.4 is 16.6 Å². The van der Waals surface area contributed by atoms with Gasteiger partial charge in [0.05, 0.1) is 12.4 Å². The summed E-state index contributed by atoms with van der Waals surface area (Å²) >= 11 is 0. The molecule has 4 N–H and O–H groups in total. The van der Waals surface area contributed by atoms with E-state index in [4.69, 9.17) is 5.84 Å². The van der Waals surface area contributed by atoms with E-state index in [0.29, 0.717) is 11.9 Å². The van der Waals surface area contributed by atoms with E-state index in [0.717, 1.165) is 11.7 Å². The first-order valence-electron chi connectivity index (χ1n) is 5.83. The van der Waals surface area contributed by atoms with Crippen LogP contribution in [0.5, 0.6) is 0 Å². The van der Waals surface area contributed by atoms with Gasteiger partial charge >= 0.3 is 0 Å². The molecule has 1 saturated carbocycles. The fourth-order valence-corrected chi connectivity index (χ4v) is 2.28. The molecule has 1 aliphatic rings. The van der Waals surface area contributed by atoms with Gasteiger partial charge in [-0.1, -0.05) is 19.8 Å². The molecular formula is C11H19N5. The molecule has 0 bridgehead atoms. The van der Waals surface area contributed by atoms with E-state index in [2.05, 4.69) is 27.6 Å². The van der Waals surface area contributed by atoms with E-state index in [-0.39, 0.29) is 0 Å². The second-order valence-corrected chi connectivity index (χ2v) is 4.55. The number of aromatic nitrogens is 2. The van der Waals surface area contributed by atoms with Gasteiger partial charge in [-0.3, -0.25) is 4.98 Å². The van der Waals surface area contributed by atoms with Gasteiger partial charge in [0.15, 0.2) is 5.82 Å². The summed E-state index contributed by atoms with van der Waals surface area (Å²) in [5, 5.41) is 3.42. The zero-order valence-corrected chi connectivity index (χ0v) is 9.61. The number of hydrogen-bond acceptors (Lipinski definition) is 5. The largest absolute Gasteiger partial charge is 0.366 e. The lowest BCUT2D eigenvalue weighted by atomic mass is 9.87. The van der Waals surface area contributed by atoms with Crippen LogP contribution in [0.2, 0.25) is 0 Å². The molecule has 5 nitrogen and oxygen atoms in total. The summed E-state index contributed by atoms with van der Waals surface area (Å²) in [6, 6.07) is 0.520. The number of nitrogens with zero attached hydrogens (tertiary/aromatic N) is 2. The van der Waals surface area contributed by atoms with E-state index in [1.807, 2.05) is 0 Å². The maximum absolute atomic E-state index is 5.29. The molecule has 1 aromatic heterocycles. The highest BCUT2D eigenvalue weighted by molar-refractivity contribution is 5.41. The summed E-state index contributed by atoms with van der Waals surface area (Å²) in [4.78, 5) is 8.37. The molecule has 1 aromatic rings. The van der Waals surface area contributed by atoms with E-state index < -0.39 is 0 Å². The van der Waals surface area contributed by atoms with Crippen molar-refractivity contribution in [3.8, 4) is 0 Å². The van der Waals surface area contributed by atoms with Crippen molar-refractivity contribution in [1.29, 1.82) is 0 Å². The van der Waals surface area contributed by atoms with Gasteiger partial charge in [0.2, 0.25) is 0 Å². The van der Waals surface area contributed by atoms with E-state index in [1.165, 1.54) is 25.7 Å². The Hall–Kier alpha value is -1.36. The average Bonchev–Trinajstić information content (AvgIpc) is 2.29. The maximum atomic E-state index is 5.29. The minimum Gasteiger partial charge on any atom is -0.366 e. The van der Waals surface area contributed by atoms with E-state index in [1.54, 1.807) is 12.4 Å². The van der Waals surface area contributed by atoms with Crippen molar-refractivity contribution in [2.24, 2.45) is 11.8 Å². The van der Waals surface area contributed by atoms with Crippen molar-refractivity contribution in [2.45, 2.75) is 38.6 Å². The van der Waals surface area contributed by atoms with Crippen molar-refractivity contribution in [3.05, 3.63) is 12.4 Å². The molecule has 2 rings (SSSR count). The minimum absolute atomic E-state index is 0.520. The summed E-state index contributed by atoms with van der Waals surface area (Å²) in [7, 11) is 0. The first-order chi connectivity index (χ1) is 7.78. The number of rotatable bonds is 3. The lowest BCUT2D eigenvalue weighted by molar-refractivity contribution is 0.358. The Morgan fingerprint density at radius 3 is 2.88 bits per heavy atom. The van der Waals surface area contributed by atoms with Crippen LogP contribution >= 0.6 is 0 Å². The Balaban J connectivity index is 1.97. The van der Waals surface area contributed by atoms with E-state index in [9.17, 15) is 0 Å². The minimum atomic E-state index is 0.520. The Kier molecular flexibility index (Phi) is 3.56. The third-order valence-electron chi connectivity index (χ3n) is 3.07. The van der Waals surface area contributed by atoms with Crippen LogP contribution in [0, 0.1) is 5.92 Å². The lowest BCUT2D eigenvalue weighted by Gasteiger charge is -2.27. The first-order valence-corrected chi connectivity index (χ1v) is 5.83. The van der Waals surface area contributed by atoms with Crippen LogP contribution in [0.1, 0.15) is 32.6 Å². The number of anilines is 2. The second kappa shape index (κ2) is 5.12. The number of nitrogen functional groups attached to an aromatic ring is 1. The third kappa shape index (κ3) is 2.82. The molecule has 0 radical (unpaired) electrons. The van der Waals surface area contributed by atoms with Gasteiger partial charge in [-0.15, -0.1) is 0 Å². The van der Waals surface area contributed by atoms with Crippen LogP contribution in [0.15, 0.2) is 12.4 Å². The van der Waals surface area contributed by atoms with Crippen molar-refractivity contribution in [2.75, 3.05) is 10.7 Å². The summed E-state index contributed by atoms with van der Waals surface area (Å²) in [5.74, 6) is 7.49. The molecule has 5 heteroatoms. The smallest absolute Gasteiger partial charge is 0.160 e. The Morgan fingerprint density at radius 1 is 1.31 bits per heavy atom. The summed E-state index contributed by atoms with van der Waals surface area (Å²) in [6.45, 7) is 2.30. The molecular weight excluding hydrogens is 202 g/mol. The van der Waals surface area contributed by atoms with Gasteiger partial charge in [0.1, 0.15) is 5.82 Å². The zero-order chi connectivity index (χ0) is 11.4. The average molecular weight is 221 g/mol. The van der Waals surface area contributed by atoms with Crippen molar-refractivity contribution in [3.63, 3.8) is 0 Å². The number of nitrogens with two attached hydrogens (primary N) is 1. The van der Waals surface area contributed by atoms with Crippen molar-refractivity contribution >= 4 is 11.6 Å². The summed E-state index contributed by atoms with van der Waals surface area (Å²) < 4.78 is 0. The van der Waals surface area contributed by atoms with Gasteiger partial charge in [-0.2, -0.15) is 0 Å². The molecule has 0 saturated heterocycles. The molecule has 0 aromatic carbocycles. The fraction of sp³-hybridized carbons (Fsp3) is 0.636. The summed E-state index contributed by atoms with van der Waals surface area (Å²) in [5.41, 5.74) is 2.50. The van der Waals surface area contributed by atoms with Crippen molar-refractivity contribution < 1.29 is 0 Å². The van der Waals surface area contributed by atoms with E-state index >= 15 is 0 Å². The standard InChI is InChI=1S/C11H19N5/c1-8-3-2-4-9(5-8)14-10-6-13-7-11(15-10)16-12/h6-9H,2-5,12H2,1H3,(H2,14,15,16). The molecule has 2 unspecified atom stereocenters. The number of nitrogens with one attached hydrogen (secondary N) is 2. The van der Waals surface area contributed by atoms with Gasteiger partial charge < -0.3 is 10.7 Å². The van der Waals surface area contributed by atoms with Gasteiger partial charge in [0, 0.05) is 6.04 Å². The zero-order valence-electron chi connectivity index (χ0n) is 9.61. The fourth-order valence-electron chi connectivity index (χ4n) is 2.28. The lowest BCUT2D eigenvalue weighted by Crippen LogP contribution is -2.26. The molecule has 16 heavy (non-hydrogen) atoms. The molecule has 2 atom stereocenters. The predicted molar refractivity (Wildman–Crippen MR) is 64.9 cm³/mol. The quantitative estimate of drug-likeness (QED) is 0.535. The van der Waals surface area contributed by atoms with Gasteiger partial charge in [-0.05, 0) is 18.8 Å². The van der Waals surface area contributed by atoms with Crippen molar-refractivity contribution in [1.82, 2.24) is 9.97 Å². The Morgan fingerprint density at radius 2 is 2.12 bits per heavy atom. The molecule has 0 aliphatic heterocycles. The highest BCUT2D eigenvalue weighted by Gasteiger charge is 2.18. The van der Waals surface area contributed by atoms with Crippen LogP contribution in [-0.2, 0) is 0 Å². The monoisotopic (exact) mass is 221 g/mol. The molecule has 1 aliphatic carbocycles. The topological polar surface area (TPSA) is 75.9 Å². The molecule has 0 amide bonds. The maximum Gasteiger partial charge on any atom is 0.160 e. The highest BCUT2D eigenvalue weighted by atomic mass is 15.3. The SMILES string of the molecule is CC1CCCC(Nc2cncc(NN)n2)C1. The van der Waals surface area contributed by atoms with Crippen LogP contribution in [0.4, 0.5) is 11.6 Å². The highest BCUT2D eigenvalue weighted by Crippen LogP contribution is 2.25. The van der Waals surface area contributed by atoms with Gasteiger partial charge in [-0.25, -0.2) is 10.8 Å². The van der Waals surface area contributed by atoms with Crippen LogP contribution in [-0.4, -0.2) is 16.0 Å². The normalized spacial score (nSPS) is 25.1. The van der Waals surface area contributed by atoms with Crippen LogP contribution in [0.25, 0.3) is 0 Å². The van der Waals surface area contributed by atoms with Gasteiger partial charge in [0.25, 0.3) is 0 Å². The predicted octanol–water partition coefficient (Wildman–Crippen LogP) is 1.75. The third-order valence-corrected chi connectivity index (χ3v) is 3.07. The molecule has 1 fully saturated rings. The molecule has 88 valence electrons. The number of hydrogen-bond donors (Lipinski definition) is 3. The summed E-state index contributed by atoms with van der Waals surface area (Å²) in [6.07, 6.45) is 8.40. The second-order valence-electron chi connectivity index (χ2n) is 4.55. The Labute approximate surface area is 95.8 Å². The Bertz CT molecular complexity index is 341. The molecule has 1 heterocycles. The first kappa shape index (κ1) is 11.1. The molecule has 0 spiro atoms.